The van der Waals surface area contributed by atoms with E-state index in [-0.39, 0.29) is 57.7 Å². The number of likely N-dealkylation sites (tertiary alicyclic amines) is 1. The maximum atomic E-state index is 14.9. The molecular formula is C45H55F3N6O8S2. The number of ether oxygens (including phenoxy) is 2. The highest BCUT2D eigenvalue weighted by Gasteiger charge is 2.62. The molecule has 19 heteroatoms. The van der Waals surface area contributed by atoms with Crippen molar-refractivity contribution >= 4 is 55.9 Å². The molecule has 0 radical (unpaired) electrons. The van der Waals surface area contributed by atoms with E-state index >= 15 is 0 Å². The minimum absolute atomic E-state index is 0.00811. The normalized spacial score (nSPS) is 26.7. The van der Waals surface area contributed by atoms with E-state index in [2.05, 4.69) is 10.0 Å². The molecule has 2 N–H and O–H groups in total. The van der Waals surface area contributed by atoms with Gasteiger partial charge in [-0.15, -0.1) is 11.3 Å². The molecule has 5 aliphatic rings. The van der Waals surface area contributed by atoms with Crippen molar-refractivity contribution in [1.29, 1.82) is 0 Å². The van der Waals surface area contributed by atoms with Crippen LogP contribution in [0, 0.1) is 17.8 Å². The third-order valence-corrected chi connectivity index (χ3v) is 16.0. The smallest absolute Gasteiger partial charge is 0.391 e. The Bertz CT molecular complexity index is 2410. The SMILES string of the molecule is COc1ccc2c(OC3CC4C(=O)NC5(C(=O)NS(=O)(=O)C6CC6)CC5/C=C/CCCCCC(CC(=O)N5CCC(C(F)(F)F)CC5)C(=O)N4C3)cc(-c3nc(C(C)C)cs3)nc2c1. The largest absolute Gasteiger partial charge is 0.497 e. The lowest BCUT2D eigenvalue weighted by molar-refractivity contribution is -0.186. The number of carbonyl (C=O) groups excluding carboxylic acids is 4. The fourth-order valence-corrected chi connectivity index (χ4v) is 11.4. The molecule has 4 amide bonds. The van der Waals surface area contributed by atoms with E-state index in [0.717, 1.165) is 12.1 Å². The number of allylic oxidation sites excluding steroid dienone is 1. The molecular weight excluding hydrogens is 874 g/mol. The van der Waals surface area contributed by atoms with Crippen LogP contribution in [0.15, 0.2) is 41.8 Å². The Balaban J connectivity index is 1.11. The fraction of sp³-hybridized carbons (Fsp3) is 0.600. The van der Waals surface area contributed by atoms with E-state index in [4.69, 9.17) is 19.4 Å². The third kappa shape index (κ3) is 9.89. The van der Waals surface area contributed by atoms with Crippen molar-refractivity contribution in [2.24, 2.45) is 17.8 Å². The first-order valence-corrected chi connectivity index (χ1v) is 24.7. The molecule has 4 fully saturated rings. The molecule has 0 spiro atoms. The van der Waals surface area contributed by atoms with Gasteiger partial charge >= 0.3 is 6.18 Å². The van der Waals surface area contributed by atoms with E-state index in [9.17, 15) is 40.8 Å². The zero-order valence-corrected chi connectivity index (χ0v) is 37.8. The van der Waals surface area contributed by atoms with Gasteiger partial charge < -0.3 is 24.6 Å². The lowest BCUT2D eigenvalue weighted by Gasteiger charge is -2.34. The van der Waals surface area contributed by atoms with Crippen molar-refractivity contribution in [2.75, 3.05) is 26.7 Å². The first-order chi connectivity index (χ1) is 30.5. The predicted octanol–water partition coefficient (Wildman–Crippen LogP) is 6.65. The zero-order chi connectivity index (χ0) is 45.6. The second-order valence-electron chi connectivity index (χ2n) is 18.2. The lowest BCUT2D eigenvalue weighted by atomic mass is 9.92. The molecule has 2 aromatic heterocycles. The summed E-state index contributed by atoms with van der Waals surface area (Å²) in [6.45, 7) is 3.88. The number of thiazole rings is 1. The number of alkyl halides is 3. The molecule has 346 valence electrons. The summed E-state index contributed by atoms with van der Waals surface area (Å²) in [5.74, 6) is -4.09. The summed E-state index contributed by atoms with van der Waals surface area (Å²) < 4.78 is 80.9. The molecule has 14 nitrogen and oxygen atoms in total. The van der Waals surface area contributed by atoms with E-state index < -0.39 is 80.5 Å². The van der Waals surface area contributed by atoms with Crippen molar-refractivity contribution in [2.45, 2.75) is 126 Å². The number of sulfonamides is 1. The molecule has 2 saturated heterocycles. The van der Waals surface area contributed by atoms with Crippen molar-refractivity contribution in [1.82, 2.24) is 29.8 Å². The number of hydrogen-bond donors (Lipinski definition) is 2. The van der Waals surface area contributed by atoms with Gasteiger partial charge in [0, 0.05) is 60.7 Å². The number of halogens is 3. The maximum absolute atomic E-state index is 14.9. The average molecular weight is 929 g/mol. The molecule has 2 aliphatic carbocycles. The number of piperidine rings is 1. The predicted molar refractivity (Wildman–Crippen MR) is 233 cm³/mol. The first kappa shape index (κ1) is 45.8. The Hall–Kier alpha value is -4.78. The Morgan fingerprint density at radius 3 is 2.50 bits per heavy atom. The first-order valence-electron chi connectivity index (χ1n) is 22.3. The van der Waals surface area contributed by atoms with Crippen molar-refractivity contribution in [3.05, 3.63) is 47.5 Å². The lowest BCUT2D eigenvalue weighted by Crippen LogP contribution is -2.57. The molecule has 2 saturated carbocycles. The van der Waals surface area contributed by atoms with Gasteiger partial charge in [-0.25, -0.2) is 18.4 Å². The number of amides is 4. The molecule has 5 unspecified atom stereocenters. The summed E-state index contributed by atoms with van der Waals surface area (Å²) in [5.41, 5.74) is 0.450. The fourth-order valence-electron chi connectivity index (χ4n) is 9.13. The molecule has 5 heterocycles. The van der Waals surface area contributed by atoms with Crippen molar-refractivity contribution in [3.63, 3.8) is 0 Å². The number of methoxy groups -OCH3 is 1. The van der Waals surface area contributed by atoms with Gasteiger partial charge in [0.2, 0.25) is 27.7 Å². The molecule has 1 aromatic carbocycles. The number of nitrogens with one attached hydrogen (secondary N) is 2. The number of benzene rings is 1. The summed E-state index contributed by atoms with van der Waals surface area (Å²) in [5, 5.41) is 5.50. The quantitative estimate of drug-likeness (QED) is 0.210. The Morgan fingerprint density at radius 2 is 1.81 bits per heavy atom. The van der Waals surface area contributed by atoms with Gasteiger partial charge in [-0.2, -0.15) is 13.2 Å². The van der Waals surface area contributed by atoms with E-state index in [1.165, 1.54) is 21.1 Å². The molecule has 64 heavy (non-hydrogen) atoms. The highest BCUT2D eigenvalue weighted by atomic mass is 32.2. The molecule has 5 atom stereocenters. The van der Waals surface area contributed by atoms with Crippen LogP contribution >= 0.6 is 11.3 Å². The highest BCUT2D eigenvalue weighted by molar-refractivity contribution is 7.91. The van der Waals surface area contributed by atoms with E-state index in [1.54, 1.807) is 25.3 Å². The standard InChI is InChI=1S/C45H55F3N6O8S2/c1-26(2)36-25-63-41(50-36)35-22-38(33-14-11-30(61-3)20-34(33)49-35)62-31-21-37-40(56)51-44(43(58)52-64(59,60)32-12-13-32)23-29(44)10-8-6-4-5-7-9-27(42(57)54(37)24-31)19-39(55)53-17-15-28(16-18-53)45(46,47)48/h8,10-11,14,20,22,25-29,31-32,37H,4-7,9,12-13,15-19,21,23-24H2,1-3H3,(H,51,56)(H,52,58)/b10-8+. The second-order valence-corrected chi connectivity index (χ2v) is 21.0. The van der Waals surface area contributed by atoms with Crippen LogP contribution in [0.1, 0.15) is 103 Å². The van der Waals surface area contributed by atoms with Gasteiger partial charge in [0.25, 0.3) is 5.91 Å². The molecule has 0 bridgehead atoms. The summed E-state index contributed by atoms with van der Waals surface area (Å²) >= 11 is 1.44. The number of hydrogen-bond acceptors (Lipinski definition) is 11. The highest BCUT2D eigenvalue weighted by Crippen LogP contribution is 2.46. The number of nitrogens with zero attached hydrogens (tertiary/aromatic N) is 4. The third-order valence-electron chi connectivity index (χ3n) is 13.3. The van der Waals surface area contributed by atoms with Crippen LogP contribution in [-0.2, 0) is 29.2 Å². The van der Waals surface area contributed by atoms with Crippen LogP contribution in [0.5, 0.6) is 11.5 Å². The van der Waals surface area contributed by atoms with Crippen molar-refractivity contribution in [3.8, 4) is 22.2 Å². The van der Waals surface area contributed by atoms with Crippen LogP contribution in [0.4, 0.5) is 13.2 Å². The number of rotatable bonds is 10. The van der Waals surface area contributed by atoms with Crippen LogP contribution in [0.2, 0.25) is 0 Å². The zero-order valence-electron chi connectivity index (χ0n) is 36.2. The summed E-state index contributed by atoms with van der Waals surface area (Å²) in [6, 6.07) is 5.96. The number of pyridine rings is 1. The van der Waals surface area contributed by atoms with Gasteiger partial charge in [-0.1, -0.05) is 38.8 Å². The van der Waals surface area contributed by atoms with Crippen molar-refractivity contribution < 1.29 is 50.2 Å². The Labute approximate surface area is 374 Å². The van der Waals surface area contributed by atoms with E-state index in [1.807, 2.05) is 37.4 Å². The molecule has 8 rings (SSSR count). The minimum atomic E-state index is -4.35. The van der Waals surface area contributed by atoms with Gasteiger partial charge in [-0.05, 0) is 69.4 Å². The molecule has 3 aliphatic heterocycles. The monoisotopic (exact) mass is 928 g/mol. The van der Waals surface area contributed by atoms with Crippen LogP contribution < -0.4 is 19.5 Å². The van der Waals surface area contributed by atoms with Gasteiger partial charge in [0.1, 0.15) is 39.9 Å². The Kier molecular flexibility index (Phi) is 13.0. The topological polar surface area (TPSA) is 177 Å². The number of aromatic nitrogens is 2. The summed E-state index contributed by atoms with van der Waals surface area (Å²) in [7, 11) is -2.40. The summed E-state index contributed by atoms with van der Waals surface area (Å²) in [4.78, 5) is 69.8. The van der Waals surface area contributed by atoms with Crippen LogP contribution in [0.3, 0.4) is 0 Å². The molecule has 3 aromatic rings. The van der Waals surface area contributed by atoms with Crippen LogP contribution in [-0.4, -0.2) is 108 Å². The maximum Gasteiger partial charge on any atom is 0.391 e. The van der Waals surface area contributed by atoms with Gasteiger partial charge in [0.05, 0.1) is 36.0 Å². The van der Waals surface area contributed by atoms with Crippen LogP contribution in [0.25, 0.3) is 21.6 Å². The summed E-state index contributed by atoms with van der Waals surface area (Å²) in [6.07, 6.45) is 1.96. The Morgan fingerprint density at radius 1 is 1.05 bits per heavy atom. The number of carbonyl (C=O) groups is 4. The minimum Gasteiger partial charge on any atom is -0.497 e. The van der Waals surface area contributed by atoms with Gasteiger partial charge in [-0.3, -0.25) is 23.9 Å². The average Bonchev–Trinajstić information content (AvgIpc) is 4.13. The van der Waals surface area contributed by atoms with Gasteiger partial charge in [0.15, 0.2) is 0 Å². The second kappa shape index (κ2) is 18.2. The number of fused-ring (bicyclic) bond motifs is 3. The van der Waals surface area contributed by atoms with E-state index in [0.29, 0.717) is 71.6 Å².